The van der Waals surface area contributed by atoms with Gasteiger partial charge in [-0.1, -0.05) is 29.3 Å². The highest BCUT2D eigenvalue weighted by Gasteiger charge is 2.12. The van der Waals surface area contributed by atoms with E-state index in [9.17, 15) is 8.78 Å². The molecule has 1 heterocycles. The van der Waals surface area contributed by atoms with Gasteiger partial charge in [0.05, 0.1) is 18.2 Å². The molecule has 0 radical (unpaired) electrons. The molecule has 2 N–H and O–H groups in total. The predicted octanol–water partition coefficient (Wildman–Crippen LogP) is 4.20. The van der Waals surface area contributed by atoms with Crippen LogP contribution in [0.5, 0.6) is 11.5 Å². The number of nitrogens with one attached hydrogen (secondary N) is 2. The third-order valence-corrected chi connectivity index (χ3v) is 4.70. The van der Waals surface area contributed by atoms with Gasteiger partial charge in [0.15, 0.2) is 17.5 Å². The average Bonchev–Trinajstić information content (AvgIpc) is 2.90. The number of aliphatic imine (C=N–C) groups is 1. The minimum Gasteiger partial charge on any atom is -0.490 e. The van der Waals surface area contributed by atoms with Crippen LogP contribution in [0.25, 0.3) is 0 Å². The van der Waals surface area contributed by atoms with E-state index in [0.717, 1.165) is 11.3 Å². The van der Waals surface area contributed by atoms with Gasteiger partial charge < -0.3 is 24.7 Å². The molecule has 0 atom stereocenters. The topological polar surface area (TPSA) is 59.8 Å². The van der Waals surface area contributed by atoms with Crippen molar-refractivity contribution in [1.82, 2.24) is 15.2 Å². The highest BCUT2D eigenvalue weighted by atomic mass is 35.5. The highest BCUT2D eigenvalue weighted by Crippen LogP contribution is 2.30. The Morgan fingerprint density at radius 3 is 2.46 bits per heavy atom. The van der Waals surface area contributed by atoms with Crippen molar-refractivity contribution in [3.05, 3.63) is 45.7 Å². The molecule has 0 unspecified atom stereocenters. The molecule has 0 aliphatic rings. The maximum atomic E-state index is 12.5. The molecule has 0 aliphatic heterocycles. The summed E-state index contributed by atoms with van der Waals surface area (Å²) in [5, 5.41) is 7.26. The Morgan fingerprint density at radius 2 is 1.89 bits per heavy atom. The number of hydrogen-bond acceptors (Lipinski definition) is 3. The van der Waals surface area contributed by atoms with E-state index in [1.165, 1.54) is 6.07 Å². The Kier molecular flexibility index (Phi) is 8.19. The fourth-order valence-corrected chi connectivity index (χ4v) is 2.88. The number of alkyl halides is 2. The average molecular weight is 435 g/mol. The maximum absolute atomic E-state index is 12.5. The number of rotatable bonds is 8. The lowest BCUT2D eigenvalue weighted by atomic mass is 10.2. The van der Waals surface area contributed by atoms with Crippen LogP contribution < -0.4 is 20.1 Å². The number of benzene rings is 1. The molecule has 10 heteroatoms. The van der Waals surface area contributed by atoms with Crippen LogP contribution >= 0.6 is 23.2 Å². The number of aromatic nitrogens is 1. The first-order valence-corrected chi connectivity index (χ1v) is 9.25. The van der Waals surface area contributed by atoms with Crippen LogP contribution in [0.2, 0.25) is 10.2 Å². The first-order valence-electron chi connectivity index (χ1n) is 8.50. The molecule has 1 aromatic carbocycles. The van der Waals surface area contributed by atoms with Crippen molar-refractivity contribution in [2.75, 3.05) is 13.7 Å². The lowest BCUT2D eigenvalue weighted by molar-refractivity contribution is -0.0514. The van der Waals surface area contributed by atoms with Crippen molar-refractivity contribution >= 4 is 29.2 Å². The van der Waals surface area contributed by atoms with Gasteiger partial charge in [-0.15, -0.1) is 0 Å². The van der Waals surface area contributed by atoms with E-state index in [2.05, 4.69) is 20.4 Å². The van der Waals surface area contributed by atoms with E-state index in [-0.39, 0.29) is 11.5 Å². The van der Waals surface area contributed by atoms with Crippen LogP contribution in [0, 0.1) is 0 Å². The third-order valence-electron chi connectivity index (χ3n) is 3.86. The van der Waals surface area contributed by atoms with Gasteiger partial charge in [-0.05, 0) is 30.7 Å². The molecule has 28 heavy (non-hydrogen) atoms. The minimum absolute atomic E-state index is 0.000530. The molecule has 1 aromatic heterocycles. The molecule has 0 aliphatic carbocycles. The van der Waals surface area contributed by atoms with Crippen LogP contribution in [0.4, 0.5) is 8.78 Å². The first kappa shape index (κ1) is 22.1. The lowest BCUT2D eigenvalue weighted by Gasteiger charge is -2.15. The van der Waals surface area contributed by atoms with Crippen LogP contribution in [-0.4, -0.2) is 30.8 Å². The van der Waals surface area contributed by atoms with E-state index >= 15 is 0 Å². The largest absolute Gasteiger partial charge is 0.490 e. The van der Waals surface area contributed by atoms with Crippen molar-refractivity contribution < 1.29 is 18.3 Å². The summed E-state index contributed by atoms with van der Waals surface area (Å²) in [5.74, 6) is 0.818. The summed E-state index contributed by atoms with van der Waals surface area (Å²) in [4.78, 5) is 4.16. The fraction of sp³-hybridized carbons (Fsp3) is 0.389. The molecule has 0 bridgehead atoms. The minimum atomic E-state index is -2.91. The zero-order valence-corrected chi connectivity index (χ0v) is 17.2. The Hall–Kier alpha value is -2.19. The fourth-order valence-electron chi connectivity index (χ4n) is 2.46. The normalized spacial score (nSPS) is 11.6. The number of guanidine groups is 1. The molecule has 0 spiro atoms. The molecular weight excluding hydrogens is 413 g/mol. The number of nitrogens with zero attached hydrogens (tertiary/aromatic N) is 2. The van der Waals surface area contributed by atoms with Gasteiger partial charge in [0.25, 0.3) is 0 Å². The number of hydrogen-bond donors (Lipinski definition) is 2. The quantitative estimate of drug-likeness (QED) is 0.482. The predicted molar refractivity (Wildman–Crippen MR) is 107 cm³/mol. The maximum Gasteiger partial charge on any atom is 0.387 e. The SMILES string of the molecule is CCOc1cc(CNC(=NC)NCc2cc(Cl)c(Cl)n2C)ccc1OC(F)F. The standard InChI is InChI=1S/C18H22Cl2F2N4O2/c1-4-27-15-7-11(5-6-14(15)28-17(21)22)9-24-18(23-2)25-10-12-8-13(19)16(20)26(12)3/h5-8,17H,4,9-10H2,1-3H3,(H2,23,24,25). The molecule has 2 rings (SSSR count). The van der Waals surface area contributed by atoms with Crippen LogP contribution in [-0.2, 0) is 20.1 Å². The molecule has 0 saturated carbocycles. The zero-order chi connectivity index (χ0) is 20.7. The van der Waals surface area contributed by atoms with Crippen molar-refractivity contribution in [1.29, 1.82) is 0 Å². The van der Waals surface area contributed by atoms with Gasteiger partial charge in [0, 0.05) is 26.3 Å². The summed E-state index contributed by atoms with van der Waals surface area (Å²) in [6.07, 6.45) is 0. The molecule has 0 amide bonds. The van der Waals surface area contributed by atoms with Gasteiger partial charge in [0.2, 0.25) is 0 Å². The molecular formula is C18H22Cl2F2N4O2. The van der Waals surface area contributed by atoms with Crippen molar-refractivity contribution in [3.8, 4) is 11.5 Å². The molecule has 154 valence electrons. The Morgan fingerprint density at radius 1 is 1.18 bits per heavy atom. The summed E-state index contributed by atoms with van der Waals surface area (Å²) in [7, 11) is 3.46. The van der Waals surface area contributed by atoms with E-state index in [4.69, 9.17) is 27.9 Å². The monoisotopic (exact) mass is 434 g/mol. The molecule has 2 aromatic rings. The van der Waals surface area contributed by atoms with E-state index in [1.807, 2.05) is 7.05 Å². The summed E-state index contributed by atoms with van der Waals surface area (Å²) in [6.45, 7) is 0.0646. The summed E-state index contributed by atoms with van der Waals surface area (Å²) in [6, 6.07) is 6.56. The second kappa shape index (κ2) is 10.4. The molecule has 0 saturated heterocycles. The van der Waals surface area contributed by atoms with Gasteiger partial charge in [-0.3, -0.25) is 4.99 Å². The van der Waals surface area contributed by atoms with Gasteiger partial charge in [-0.2, -0.15) is 8.78 Å². The van der Waals surface area contributed by atoms with Crippen LogP contribution in [0.3, 0.4) is 0 Å². The van der Waals surface area contributed by atoms with Crippen molar-refractivity contribution in [2.45, 2.75) is 26.6 Å². The highest BCUT2D eigenvalue weighted by molar-refractivity contribution is 6.41. The molecule has 6 nitrogen and oxygen atoms in total. The van der Waals surface area contributed by atoms with Gasteiger partial charge >= 0.3 is 6.61 Å². The van der Waals surface area contributed by atoms with Crippen LogP contribution in [0.1, 0.15) is 18.2 Å². The summed E-state index contributed by atoms with van der Waals surface area (Å²) in [5.41, 5.74) is 1.71. The van der Waals surface area contributed by atoms with Crippen LogP contribution in [0.15, 0.2) is 29.3 Å². The third kappa shape index (κ3) is 5.90. The van der Waals surface area contributed by atoms with Crippen molar-refractivity contribution in [2.24, 2.45) is 12.0 Å². The van der Waals surface area contributed by atoms with Gasteiger partial charge in [-0.25, -0.2) is 0 Å². The Bertz CT molecular complexity index is 828. The smallest absolute Gasteiger partial charge is 0.387 e. The van der Waals surface area contributed by atoms with E-state index in [1.54, 1.807) is 36.7 Å². The van der Waals surface area contributed by atoms with Crippen molar-refractivity contribution in [3.63, 3.8) is 0 Å². The summed E-state index contributed by atoms with van der Waals surface area (Å²) >= 11 is 12.1. The zero-order valence-electron chi connectivity index (χ0n) is 15.7. The lowest BCUT2D eigenvalue weighted by Crippen LogP contribution is -2.36. The Balaban J connectivity index is 1.98. The number of ether oxygens (including phenoxy) is 2. The Labute approximate surface area is 172 Å². The second-order valence-corrected chi connectivity index (χ2v) is 6.47. The molecule has 0 fully saturated rings. The second-order valence-electron chi connectivity index (χ2n) is 5.71. The van der Waals surface area contributed by atoms with Gasteiger partial charge in [0.1, 0.15) is 5.15 Å². The van der Waals surface area contributed by atoms with E-state index < -0.39 is 6.61 Å². The van der Waals surface area contributed by atoms with E-state index in [0.29, 0.717) is 35.8 Å². The summed E-state index contributed by atoms with van der Waals surface area (Å²) < 4.78 is 36.6. The number of halogens is 4. The first-order chi connectivity index (χ1) is 13.3.